The van der Waals surface area contributed by atoms with Crippen LogP contribution in [0.4, 0.5) is 21.5 Å². The van der Waals surface area contributed by atoms with Gasteiger partial charge in [0, 0.05) is 12.1 Å². The fraction of sp³-hybridized carbons (Fsp3) is 0.263. The number of rotatable bonds is 6. The first kappa shape index (κ1) is 20.4. The third kappa shape index (κ3) is 5.33. The number of morpholine rings is 1. The predicted octanol–water partition coefficient (Wildman–Crippen LogP) is 0.840. The second kappa shape index (κ2) is 9.22. The van der Waals surface area contributed by atoms with Crippen molar-refractivity contribution in [3.63, 3.8) is 0 Å². The fourth-order valence-electron chi connectivity index (χ4n) is 2.95. The zero-order valence-corrected chi connectivity index (χ0v) is 15.4. The van der Waals surface area contributed by atoms with Crippen molar-refractivity contribution < 1.29 is 28.5 Å². The lowest BCUT2D eigenvalue weighted by Crippen LogP contribution is -3.15. The van der Waals surface area contributed by atoms with Crippen LogP contribution in [0.1, 0.15) is 10.4 Å². The number of nitro groups is 1. The van der Waals surface area contributed by atoms with Crippen molar-refractivity contribution in [2.24, 2.45) is 0 Å². The Morgan fingerprint density at radius 1 is 1.10 bits per heavy atom. The van der Waals surface area contributed by atoms with Crippen LogP contribution in [0.25, 0.3) is 0 Å². The van der Waals surface area contributed by atoms with Gasteiger partial charge in [-0.25, -0.2) is 4.39 Å². The lowest BCUT2D eigenvalue weighted by atomic mass is 10.1. The molecule has 3 N–H and O–H groups in total. The number of ether oxygens (including phenoxy) is 1. The summed E-state index contributed by atoms with van der Waals surface area (Å²) in [6.45, 7) is 2.68. The summed E-state index contributed by atoms with van der Waals surface area (Å²) in [6, 6.07) is 9.09. The maximum absolute atomic E-state index is 13.8. The van der Waals surface area contributed by atoms with Crippen LogP contribution in [0.15, 0.2) is 42.5 Å². The van der Waals surface area contributed by atoms with Gasteiger partial charge in [-0.2, -0.15) is 0 Å². The lowest BCUT2D eigenvalue weighted by Gasteiger charge is -2.23. The molecule has 3 rings (SSSR count). The van der Waals surface area contributed by atoms with Crippen LogP contribution < -0.4 is 15.5 Å². The van der Waals surface area contributed by atoms with Crippen molar-refractivity contribution >= 4 is 28.9 Å². The highest BCUT2D eigenvalue weighted by molar-refractivity contribution is 6.10. The monoisotopic (exact) mass is 403 g/mol. The van der Waals surface area contributed by atoms with Crippen LogP contribution in [0.3, 0.4) is 0 Å². The summed E-state index contributed by atoms with van der Waals surface area (Å²) < 4.78 is 19.1. The van der Waals surface area contributed by atoms with E-state index >= 15 is 0 Å². The molecule has 0 atom stereocenters. The van der Waals surface area contributed by atoms with Crippen molar-refractivity contribution in [3.8, 4) is 0 Å². The Kier molecular flexibility index (Phi) is 6.47. The minimum Gasteiger partial charge on any atom is -0.370 e. The summed E-state index contributed by atoms with van der Waals surface area (Å²) >= 11 is 0. The average molecular weight is 403 g/mol. The second-order valence-electron chi connectivity index (χ2n) is 6.51. The molecule has 0 bridgehead atoms. The molecule has 0 saturated carbocycles. The molecule has 1 aliphatic heterocycles. The average Bonchev–Trinajstić information content (AvgIpc) is 2.70. The van der Waals surface area contributed by atoms with Gasteiger partial charge in [-0.15, -0.1) is 0 Å². The summed E-state index contributed by atoms with van der Waals surface area (Å²) in [6.07, 6.45) is 0. The number of benzene rings is 2. The Morgan fingerprint density at radius 3 is 2.52 bits per heavy atom. The Morgan fingerprint density at radius 2 is 1.83 bits per heavy atom. The van der Waals surface area contributed by atoms with Gasteiger partial charge < -0.3 is 20.3 Å². The zero-order chi connectivity index (χ0) is 20.8. The SMILES string of the molecule is O=C(C[NH+]1CCOCC1)Nc1ccc([N+](=O)[O-])cc1C(=O)Nc1ccccc1F. The largest absolute Gasteiger partial charge is 0.370 e. The van der Waals surface area contributed by atoms with Crippen LogP contribution in [0, 0.1) is 15.9 Å². The Hall–Kier alpha value is -3.37. The van der Waals surface area contributed by atoms with E-state index in [2.05, 4.69) is 10.6 Å². The number of nitro benzene ring substituents is 1. The number of para-hydroxylation sites is 1. The third-order valence-corrected chi connectivity index (χ3v) is 4.47. The Balaban J connectivity index is 1.80. The molecule has 2 amide bonds. The van der Waals surface area contributed by atoms with Crippen molar-refractivity contribution in [2.45, 2.75) is 0 Å². The van der Waals surface area contributed by atoms with Crippen LogP contribution in [0.2, 0.25) is 0 Å². The Bertz CT molecular complexity index is 931. The Labute approximate surface area is 165 Å². The summed E-state index contributed by atoms with van der Waals surface area (Å²) in [5.74, 6) is -1.75. The highest BCUT2D eigenvalue weighted by atomic mass is 19.1. The molecule has 0 aromatic heterocycles. The zero-order valence-electron chi connectivity index (χ0n) is 15.4. The molecule has 9 nitrogen and oxygen atoms in total. The van der Waals surface area contributed by atoms with E-state index in [1.54, 1.807) is 6.07 Å². The molecule has 2 aromatic rings. The summed E-state index contributed by atoms with van der Waals surface area (Å²) in [4.78, 5) is 36.5. The molecule has 29 heavy (non-hydrogen) atoms. The summed E-state index contributed by atoms with van der Waals surface area (Å²) in [7, 11) is 0. The van der Waals surface area contributed by atoms with Gasteiger partial charge in [0.1, 0.15) is 18.9 Å². The number of carbonyl (C=O) groups is 2. The van der Waals surface area contributed by atoms with Gasteiger partial charge in [-0.3, -0.25) is 19.7 Å². The number of hydrogen-bond donors (Lipinski definition) is 3. The number of anilines is 2. The van der Waals surface area contributed by atoms with Gasteiger partial charge in [0.2, 0.25) is 0 Å². The molecule has 0 radical (unpaired) electrons. The minimum atomic E-state index is -0.771. The highest BCUT2D eigenvalue weighted by Gasteiger charge is 2.22. The molecule has 152 valence electrons. The predicted molar refractivity (Wildman–Crippen MR) is 102 cm³/mol. The fourth-order valence-corrected chi connectivity index (χ4v) is 2.95. The minimum absolute atomic E-state index is 0.0703. The van der Waals surface area contributed by atoms with Gasteiger partial charge in [0.25, 0.3) is 17.5 Å². The lowest BCUT2D eigenvalue weighted by molar-refractivity contribution is -0.899. The quantitative estimate of drug-likeness (QED) is 0.488. The molecule has 1 saturated heterocycles. The highest BCUT2D eigenvalue weighted by Crippen LogP contribution is 2.24. The number of carbonyl (C=O) groups excluding carboxylic acids is 2. The molecule has 0 spiro atoms. The van der Waals surface area contributed by atoms with Crippen molar-refractivity contribution in [1.82, 2.24) is 0 Å². The van der Waals surface area contributed by atoms with Gasteiger partial charge >= 0.3 is 0 Å². The van der Waals surface area contributed by atoms with Gasteiger partial charge in [0.05, 0.1) is 35.1 Å². The van der Waals surface area contributed by atoms with E-state index < -0.39 is 16.6 Å². The number of quaternary nitrogens is 1. The van der Waals surface area contributed by atoms with Crippen LogP contribution in [-0.4, -0.2) is 49.6 Å². The first-order chi connectivity index (χ1) is 13.9. The molecular weight excluding hydrogens is 383 g/mol. The van der Waals surface area contributed by atoms with E-state index in [0.717, 1.165) is 11.0 Å². The molecule has 0 unspecified atom stereocenters. The number of amides is 2. The van der Waals surface area contributed by atoms with Crippen molar-refractivity contribution in [2.75, 3.05) is 43.5 Å². The first-order valence-corrected chi connectivity index (χ1v) is 8.99. The van der Waals surface area contributed by atoms with Crippen LogP contribution in [-0.2, 0) is 9.53 Å². The topological polar surface area (TPSA) is 115 Å². The van der Waals surface area contributed by atoms with E-state index in [-0.39, 0.29) is 35.1 Å². The standard InChI is InChI=1S/C19H19FN4O5/c20-15-3-1-2-4-17(15)22-19(26)14-11-13(24(27)28)5-6-16(14)21-18(25)12-23-7-9-29-10-8-23/h1-6,11H,7-10,12H2,(H,21,25)(H,22,26)/p+1. The van der Waals surface area contributed by atoms with E-state index in [4.69, 9.17) is 4.74 Å². The summed E-state index contributed by atoms with van der Waals surface area (Å²) in [5, 5.41) is 16.1. The number of non-ortho nitro benzene ring substituents is 1. The molecule has 0 aliphatic carbocycles. The number of hydrogen-bond acceptors (Lipinski definition) is 5. The summed E-state index contributed by atoms with van der Waals surface area (Å²) in [5.41, 5.74) is -0.408. The molecular formula is C19H20FN4O5+. The first-order valence-electron chi connectivity index (χ1n) is 8.99. The van der Waals surface area contributed by atoms with Gasteiger partial charge in [0.15, 0.2) is 6.54 Å². The maximum atomic E-state index is 13.8. The van der Waals surface area contributed by atoms with Crippen molar-refractivity contribution in [1.29, 1.82) is 0 Å². The van der Waals surface area contributed by atoms with E-state index in [0.29, 0.717) is 26.3 Å². The molecule has 2 aromatic carbocycles. The molecule has 1 heterocycles. The van der Waals surface area contributed by atoms with Crippen LogP contribution >= 0.6 is 0 Å². The van der Waals surface area contributed by atoms with E-state index in [9.17, 15) is 24.1 Å². The maximum Gasteiger partial charge on any atom is 0.279 e. The molecule has 10 heteroatoms. The van der Waals surface area contributed by atoms with Crippen LogP contribution in [0.5, 0.6) is 0 Å². The smallest absolute Gasteiger partial charge is 0.279 e. The molecule has 1 fully saturated rings. The molecule has 1 aliphatic rings. The number of nitrogens with zero attached hydrogens (tertiary/aromatic N) is 1. The normalized spacial score (nSPS) is 14.2. The second-order valence-corrected chi connectivity index (χ2v) is 6.51. The number of nitrogens with one attached hydrogen (secondary N) is 3. The van der Waals surface area contributed by atoms with Gasteiger partial charge in [-0.1, -0.05) is 12.1 Å². The van der Waals surface area contributed by atoms with Crippen molar-refractivity contribution in [3.05, 3.63) is 64.0 Å². The van der Waals surface area contributed by atoms with E-state index in [1.165, 1.54) is 30.3 Å². The third-order valence-electron chi connectivity index (χ3n) is 4.47. The van der Waals surface area contributed by atoms with E-state index in [1.807, 2.05) is 0 Å². The number of halogens is 1. The van der Waals surface area contributed by atoms with Gasteiger partial charge in [-0.05, 0) is 18.2 Å².